The summed E-state index contributed by atoms with van der Waals surface area (Å²) in [6, 6.07) is 0. The van der Waals surface area contributed by atoms with Gasteiger partial charge >= 0.3 is 5.97 Å². The molecule has 0 radical (unpaired) electrons. The molecule has 4 N–H and O–H groups in total. The number of carbonyl (C=O) groups is 1. The number of unbranched alkanes of at least 4 members (excludes halogenated alkanes) is 3. The molecule has 0 spiro atoms. The van der Waals surface area contributed by atoms with Crippen LogP contribution in [0.3, 0.4) is 0 Å². The van der Waals surface area contributed by atoms with E-state index in [0.717, 1.165) is 19.3 Å². The molecule has 1 aliphatic rings. The number of aliphatic carboxylic acids is 1. The van der Waals surface area contributed by atoms with E-state index in [9.17, 15) is 20.1 Å². The second-order valence-electron chi connectivity index (χ2n) is 7.78. The molecule has 0 amide bonds. The first-order chi connectivity index (χ1) is 12.3. The van der Waals surface area contributed by atoms with Gasteiger partial charge in [-0.15, -0.1) is 0 Å². The molecule has 0 bridgehead atoms. The fraction of sp³-hybridized carbons (Fsp3) is 0.762. The van der Waals surface area contributed by atoms with Crippen LogP contribution in [0.1, 0.15) is 71.6 Å². The van der Waals surface area contributed by atoms with Crippen LogP contribution in [-0.4, -0.2) is 44.2 Å². The fourth-order valence-electron chi connectivity index (χ4n) is 3.58. The zero-order valence-corrected chi connectivity index (χ0v) is 16.2. The number of hydrogen-bond donors (Lipinski definition) is 4. The summed E-state index contributed by atoms with van der Waals surface area (Å²) >= 11 is 0. The third kappa shape index (κ3) is 8.47. The minimum absolute atomic E-state index is 0.0802. The molecule has 5 heteroatoms. The average molecular weight is 369 g/mol. The van der Waals surface area contributed by atoms with Crippen LogP contribution in [0.15, 0.2) is 24.3 Å². The second-order valence-corrected chi connectivity index (χ2v) is 7.78. The molecule has 1 rings (SSSR count). The lowest BCUT2D eigenvalue weighted by Gasteiger charge is -2.23. The number of aliphatic hydroxyl groups is 3. The van der Waals surface area contributed by atoms with Crippen molar-refractivity contribution in [3.63, 3.8) is 0 Å². The van der Waals surface area contributed by atoms with Crippen molar-refractivity contribution in [2.45, 2.75) is 89.4 Å². The fourth-order valence-corrected chi connectivity index (χ4v) is 3.58. The van der Waals surface area contributed by atoms with E-state index in [1.807, 2.05) is 18.2 Å². The lowest BCUT2D eigenvalue weighted by Crippen LogP contribution is -2.24. The molecular formula is C21H36O5. The molecule has 0 saturated heterocycles. The predicted molar refractivity (Wildman–Crippen MR) is 103 cm³/mol. The largest absolute Gasteiger partial charge is 0.481 e. The van der Waals surface area contributed by atoms with Crippen LogP contribution in [-0.2, 0) is 4.79 Å². The quantitative estimate of drug-likeness (QED) is 0.312. The summed E-state index contributed by atoms with van der Waals surface area (Å²) in [5, 5.41) is 39.6. The molecule has 26 heavy (non-hydrogen) atoms. The number of aliphatic hydroxyl groups excluding tert-OH is 2. The SMILES string of the molecule is CCCCC[C@@](C)(O)/C=C/[C@@H]1[C@@H](C/C=C/CCCC(=O)O)[C@@H](O)C[C@H]1O. The Morgan fingerprint density at radius 3 is 2.54 bits per heavy atom. The molecule has 5 nitrogen and oxygen atoms in total. The van der Waals surface area contributed by atoms with E-state index < -0.39 is 23.8 Å². The van der Waals surface area contributed by atoms with E-state index in [0.29, 0.717) is 32.1 Å². The van der Waals surface area contributed by atoms with Crippen LogP contribution in [0.5, 0.6) is 0 Å². The average Bonchev–Trinajstić information content (AvgIpc) is 2.82. The summed E-state index contributed by atoms with van der Waals surface area (Å²) in [6.45, 7) is 3.91. The summed E-state index contributed by atoms with van der Waals surface area (Å²) in [4.78, 5) is 10.5. The third-order valence-electron chi connectivity index (χ3n) is 5.22. The van der Waals surface area contributed by atoms with Crippen molar-refractivity contribution < 1.29 is 25.2 Å². The molecule has 0 aliphatic heterocycles. The van der Waals surface area contributed by atoms with Crippen molar-refractivity contribution in [1.29, 1.82) is 0 Å². The van der Waals surface area contributed by atoms with Gasteiger partial charge in [-0.1, -0.05) is 50.5 Å². The van der Waals surface area contributed by atoms with Crippen LogP contribution in [0.4, 0.5) is 0 Å². The Balaban J connectivity index is 2.56. The highest BCUT2D eigenvalue weighted by molar-refractivity contribution is 5.66. The monoisotopic (exact) mass is 368 g/mol. The van der Waals surface area contributed by atoms with Crippen molar-refractivity contribution in [3.05, 3.63) is 24.3 Å². The first-order valence-corrected chi connectivity index (χ1v) is 9.91. The molecule has 1 fully saturated rings. The van der Waals surface area contributed by atoms with Gasteiger partial charge in [-0.25, -0.2) is 0 Å². The molecule has 150 valence electrons. The predicted octanol–water partition coefficient (Wildman–Crippen LogP) is 3.43. The van der Waals surface area contributed by atoms with E-state index in [1.165, 1.54) is 0 Å². The van der Waals surface area contributed by atoms with Crippen LogP contribution >= 0.6 is 0 Å². The van der Waals surface area contributed by atoms with E-state index >= 15 is 0 Å². The van der Waals surface area contributed by atoms with Crippen molar-refractivity contribution in [2.75, 3.05) is 0 Å². The van der Waals surface area contributed by atoms with Crippen molar-refractivity contribution in [1.82, 2.24) is 0 Å². The first kappa shape index (κ1) is 22.9. The number of hydrogen-bond acceptors (Lipinski definition) is 4. The highest BCUT2D eigenvalue weighted by atomic mass is 16.4. The van der Waals surface area contributed by atoms with E-state index in [2.05, 4.69) is 6.92 Å². The maximum absolute atomic E-state index is 10.5. The zero-order chi connectivity index (χ0) is 19.6. The van der Waals surface area contributed by atoms with Gasteiger partial charge in [0.25, 0.3) is 0 Å². The van der Waals surface area contributed by atoms with Crippen molar-refractivity contribution in [3.8, 4) is 0 Å². The van der Waals surface area contributed by atoms with Gasteiger partial charge in [0.05, 0.1) is 17.8 Å². The first-order valence-electron chi connectivity index (χ1n) is 9.91. The van der Waals surface area contributed by atoms with Gasteiger partial charge in [-0.3, -0.25) is 4.79 Å². The van der Waals surface area contributed by atoms with Crippen LogP contribution in [0.25, 0.3) is 0 Å². The molecule has 0 unspecified atom stereocenters. The van der Waals surface area contributed by atoms with Gasteiger partial charge in [0, 0.05) is 18.8 Å². The Labute approximate surface area is 157 Å². The van der Waals surface area contributed by atoms with Crippen LogP contribution < -0.4 is 0 Å². The van der Waals surface area contributed by atoms with Gasteiger partial charge in [0.2, 0.25) is 0 Å². The molecule has 0 aromatic carbocycles. The topological polar surface area (TPSA) is 98.0 Å². The zero-order valence-electron chi connectivity index (χ0n) is 16.2. The van der Waals surface area contributed by atoms with Crippen molar-refractivity contribution >= 4 is 5.97 Å². The maximum atomic E-state index is 10.5. The van der Waals surface area contributed by atoms with Gasteiger partial charge in [-0.2, -0.15) is 0 Å². The number of rotatable bonds is 12. The molecular weight excluding hydrogens is 332 g/mol. The van der Waals surface area contributed by atoms with E-state index in [1.54, 1.807) is 13.0 Å². The Bertz CT molecular complexity index is 469. The lowest BCUT2D eigenvalue weighted by atomic mass is 9.88. The minimum Gasteiger partial charge on any atom is -0.481 e. The molecule has 0 aromatic heterocycles. The second kappa shape index (κ2) is 11.5. The molecule has 0 heterocycles. The van der Waals surface area contributed by atoms with Gasteiger partial charge < -0.3 is 20.4 Å². The number of allylic oxidation sites excluding steroid dienone is 2. The molecule has 1 saturated carbocycles. The molecule has 0 aromatic rings. The Hall–Kier alpha value is -1.17. The van der Waals surface area contributed by atoms with Crippen molar-refractivity contribution in [2.24, 2.45) is 11.8 Å². The maximum Gasteiger partial charge on any atom is 0.303 e. The summed E-state index contributed by atoms with van der Waals surface area (Å²) < 4.78 is 0. The number of carboxylic acid groups (broad SMARTS) is 1. The standard InChI is InChI=1S/C21H36O5/c1-3-4-9-13-21(2,26)14-12-17-16(18(22)15-19(17)23)10-7-5-6-8-11-20(24)25/h5,7,12,14,16-19,22-23,26H,3-4,6,8-11,13,15H2,1-2H3,(H,24,25)/b7-5+,14-12+/t16-,17-,18+,19-,21-/m1/s1. The van der Waals surface area contributed by atoms with Crippen LogP contribution in [0.2, 0.25) is 0 Å². The Morgan fingerprint density at radius 2 is 1.88 bits per heavy atom. The van der Waals surface area contributed by atoms with E-state index in [4.69, 9.17) is 5.11 Å². The summed E-state index contributed by atoms with van der Waals surface area (Å²) in [6.07, 6.45) is 12.7. The van der Waals surface area contributed by atoms with Crippen LogP contribution in [0, 0.1) is 11.8 Å². The molecule has 1 aliphatic carbocycles. The lowest BCUT2D eigenvalue weighted by molar-refractivity contribution is -0.137. The minimum atomic E-state index is -0.889. The summed E-state index contributed by atoms with van der Waals surface area (Å²) in [5.41, 5.74) is -0.889. The van der Waals surface area contributed by atoms with Gasteiger partial charge in [0.15, 0.2) is 0 Å². The van der Waals surface area contributed by atoms with Gasteiger partial charge in [0.1, 0.15) is 0 Å². The number of carboxylic acids is 1. The molecule has 5 atom stereocenters. The summed E-state index contributed by atoms with van der Waals surface area (Å²) in [7, 11) is 0. The third-order valence-corrected chi connectivity index (χ3v) is 5.22. The Kier molecular flexibility index (Phi) is 10.1. The normalized spacial score (nSPS) is 28.8. The smallest absolute Gasteiger partial charge is 0.303 e. The summed E-state index contributed by atoms with van der Waals surface area (Å²) in [5.74, 6) is -1.04. The highest BCUT2D eigenvalue weighted by Crippen LogP contribution is 2.37. The van der Waals surface area contributed by atoms with E-state index in [-0.39, 0.29) is 18.3 Å². The van der Waals surface area contributed by atoms with Gasteiger partial charge in [-0.05, 0) is 38.5 Å². The highest BCUT2D eigenvalue weighted by Gasteiger charge is 2.39. The Morgan fingerprint density at radius 1 is 1.15 bits per heavy atom.